The lowest BCUT2D eigenvalue weighted by atomic mass is 9.92. The molecule has 5 rings (SSSR count). The summed E-state index contributed by atoms with van der Waals surface area (Å²) in [4.78, 5) is 20.5. The Labute approximate surface area is 200 Å². The van der Waals surface area contributed by atoms with E-state index in [1.54, 1.807) is 28.4 Å². The number of thiophene rings is 1. The number of hydrogen-bond donors (Lipinski definition) is 1. The molecule has 1 N–H and O–H groups in total. The van der Waals surface area contributed by atoms with Crippen molar-refractivity contribution in [3.8, 4) is 11.4 Å². The van der Waals surface area contributed by atoms with Crippen LogP contribution in [-0.4, -0.2) is 21.1 Å². The highest BCUT2D eigenvalue weighted by Crippen LogP contribution is 2.38. The molecule has 1 atom stereocenters. The molecule has 2 aromatic carbocycles. The molecule has 0 aliphatic carbocycles. The number of benzene rings is 2. The number of nitrogens with zero attached hydrogens (tertiary/aromatic N) is 3. The number of carbonyl (C=O) groups excluding carboxylic acids is 1. The molecule has 1 unspecified atom stereocenters. The lowest BCUT2D eigenvalue weighted by Gasteiger charge is -2.35. The number of nitrogens with one attached hydrogen (secondary N) is 1. The molecule has 34 heavy (non-hydrogen) atoms. The molecule has 2 aromatic heterocycles. The van der Waals surface area contributed by atoms with Crippen LogP contribution in [0.15, 0.2) is 70.2 Å². The van der Waals surface area contributed by atoms with Crippen molar-refractivity contribution in [3.63, 3.8) is 0 Å². The Kier molecular flexibility index (Phi) is 5.75. The number of amides is 2. The smallest absolute Gasteiger partial charge is 0.322 e. The van der Waals surface area contributed by atoms with Gasteiger partial charge in [-0.3, -0.25) is 4.90 Å². The van der Waals surface area contributed by atoms with Gasteiger partial charge in [0.15, 0.2) is 0 Å². The van der Waals surface area contributed by atoms with Crippen molar-refractivity contribution in [1.29, 1.82) is 0 Å². The first-order chi connectivity index (χ1) is 16.4. The third kappa shape index (κ3) is 4.12. The second kappa shape index (κ2) is 8.87. The van der Waals surface area contributed by atoms with Gasteiger partial charge in [-0.05, 0) is 61.0 Å². The largest absolute Gasteiger partial charge is 0.334 e. The number of aryl methyl sites for hydroxylation is 2. The molecule has 3 heterocycles. The van der Waals surface area contributed by atoms with Crippen LogP contribution < -0.4 is 5.32 Å². The molecule has 0 saturated carbocycles. The fourth-order valence-electron chi connectivity index (χ4n) is 4.08. The van der Waals surface area contributed by atoms with Crippen LogP contribution in [0, 0.1) is 19.7 Å². The molecule has 172 valence electrons. The number of carbonyl (C=O) groups is 1. The monoisotopic (exact) mass is 474 g/mol. The van der Waals surface area contributed by atoms with Gasteiger partial charge in [0.1, 0.15) is 5.82 Å². The summed E-state index contributed by atoms with van der Waals surface area (Å²) in [7, 11) is 0. The van der Waals surface area contributed by atoms with E-state index in [9.17, 15) is 9.18 Å². The standard InChI is InChI=1S/C26H23FN4O2S/c1-15-9-10-18(12-16(15)2)23-22(17(3)31(26(32)28-23)14-21-8-5-11-34-21)25-29-24(30-33-25)19-6-4-7-20(27)13-19/h4-13,23H,14H2,1-3H3,(H,28,32). The maximum absolute atomic E-state index is 13.8. The summed E-state index contributed by atoms with van der Waals surface area (Å²) in [5.74, 6) is 0.200. The Hall–Kier alpha value is -3.78. The molecule has 0 fully saturated rings. The quantitative estimate of drug-likeness (QED) is 0.371. The Bertz CT molecular complexity index is 1390. The Balaban J connectivity index is 1.62. The third-order valence-corrected chi connectivity index (χ3v) is 6.96. The number of rotatable bonds is 5. The van der Waals surface area contributed by atoms with Crippen LogP contribution in [-0.2, 0) is 6.54 Å². The normalized spacial score (nSPS) is 16.2. The lowest BCUT2D eigenvalue weighted by Crippen LogP contribution is -2.45. The van der Waals surface area contributed by atoms with Gasteiger partial charge >= 0.3 is 6.03 Å². The van der Waals surface area contributed by atoms with E-state index in [0.29, 0.717) is 12.1 Å². The summed E-state index contributed by atoms with van der Waals surface area (Å²) in [5.41, 5.74) is 5.18. The van der Waals surface area contributed by atoms with E-state index in [4.69, 9.17) is 4.52 Å². The van der Waals surface area contributed by atoms with E-state index < -0.39 is 6.04 Å². The van der Waals surface area contributed by atoms with Gasteiger partial charge in [0.25, 0.3) is 5.89 Å². The molecule has 0 radical (unpaired) electrons. The van der Waals surface area contributed by atoms with E-state index >= 15 is 0 Å². The van der Waals surface area contributed by atoms with E-state index in [1.165, 1.54) is 17.7 Å². The second-order valence-corrected chi connectivity index (χ2v) is 9.36. The molecule has 2 amide bonds. The molecule has 1 aliphatic heterocycles. The van der Waals surface area contributed by atoms with Gasteiger partial charge in [-0.25, -0.2) is 9.18 Å². The van der Waals surface area contributed by atoms with Crippen molar-refractivity contribution >= 4 is 22.9 Å². The summed E-state index contributed by atoms with van der Waals surface area (Å²) < 4.78 is 19.4. The van der Waals surface area contributed by atoms with Crippen LogP contribution in [0.4, 0.5) is 9.18 Å². The van der Waals surface area contributed by atoms with Crippen LogP contribution in [0.5, 0.6) is 0 Å². The number of aromatic nitrogens is 2. The van der Waals surface area contributed by atoms with Gasteiger partial charge < -0.3 is 9.84 Å². The number of urea groups is 1. The Morgan fingerprint density at radius 3 is 2.68 bits per heavy atom. The summed E-state index contributed by atoms with van der Waals surface area (Å²) in [6.45, 7) is 6.41. The fraction of sp³-hybridized carbons (Fsp3) is 0.192. The van der Waals surface area contributed by atoms with Crippen molar-refractivity contribution in [2.24, 2.45) is 0 Å². The van der Waals surface area contributed by atoms with Gasteiger partial charge in [0, 0.05) is 16.1 Å². The second-order valence-electron chi connectivity index (χ2n) is 8.32. The average Bonchev–Trinajstić information content (AvgIpc) is 3.50. The number of hydrogen-bond acceptors (Lipinski definition) is 5. The van der Waals surface area contributed by atoms with Crippen molar-refractivity contribution in [2.75, 3.05) is 0 Å². The first-order valence-electron chi connectivity index (χ1n) is 10.9. The van der Waals surface area contributed by atoms with E-state index in [2.05, 4.69) is 21.5 Å². The highest BCUT2D eigenvalue weighted by Gasteiger charge is 2.36. The molecule has 0 saturated heterocycles. The van der Waals surface area contributed by atoms with E-state index in [-0.39, 0.29) is 23.6 Å². The van der Waals surface area contributed by atoms with E-state index in [1.807, 2.05) is 50.4 Å². The SMILES string of the molecule is CC1=C(c2nc(-c3cccc(F)c3)no2)C(c2ccc(C)c(C)c2)NC(=O)N1Cc1cccs1. The van der Waals surface area contributed by atoms with Gasteiger partial charge in [-0.15, -0.1) is 11.3 Å². The van der Waals surface area contributed by atoms with E-state index in [0.717, 1.165) is 27.3 Å². The van der Waals surface area contributed by atoms with Gasteiger partial charge in [-0.1, -0.05) is 41.6 Å². The van der Waals surface area contributed by atoms with Crippen molar-refractivity contribution in [1.82, 2.24) is 20.4 Å². The van der Waals surface area contributed by atoms with Crippen LogP contribution in [0.3, 0.4) is 0 Å². The molecule has 6 nitrogen and oxygen atoms in total. The lowest BCUT2D eigenvalue weighted by molar-refractivity contribution is 0.203. The third-order valence-electron chi connectivity index (χ3n) is 6.09. The van der Waals surface area contributed by atoms with Crippen LogP contribution in [0.25, 0.3) is 17.0 Å². The zero-order valence-corrected chi connectivity index (χ0v) is 19.8. The zero-order chi connectivity index (χ0) is 23.8. The predicted molar refractivity (Wildman–Crippen MR) is 129 cm³/mol. The summed E-state index contributed by atoms with van der Waals surface area (Å²) in [6.07, 6.45) is 0. The van der Waals surface area contributed by atoms with Crippen LogP contribution in [0.1, 0.15) is 40.4 Å². The number of allylic oxidation sites excluding steroid dienone is 1. The zero-order valence-electron chi connectivity index (χ0n) is 19.0. The minimum absolute atomic E-state index is 0.192. The first kappa shape index (κ1) is 22.0. The van der Waals surface area contributed by atoms with Crippen molar-refractivity contribution in [3.05, 3.63) is 98.9 Å². The minimum Gasteiger partial charge on any atom is -0.334 e. The topological polar surface area (TPSA) is 71.3 Å². The average molecular weight is 475 g/mol. The maximum atomic E-state index is 13.8. The first-order valence-corrected chi connectivity index (χ1v) is 11.8. The number of halogens is 1. The van der Waals surface area contributed by atoms with Crippen LogP contribution >= 0.6 is 11.3 Å². The fourth-order valence-corrected chi connectivity index (χ4v) is 4.77. The predicted octanol–water partition coefficient (Wildman–Crippen LogP) is 6.25. The maximum Gasteiger partial charge on any atom is 0.322 e. The van der Waals surface area contributed by atoms with Crippen molar-refractivity contribution in [2.45, 2.75) is 33.4 Å². The minimum atomic E-state index is -0.466. The summed E-state index contributed by atoms with van der Waals surface area (Å²) in [5, 5.41) is 9.21. The van der Waals surface area contributed by atoms with Gasteiger partial charge in [0.2, 0.25) is 5.82 Å². The van der Waals surface area contributed by atoms with Gasteiger partial charge in [-0.2, -0.15) is 4.98 Å². The summed E-state index contributed by atoms with van der Waals surface area (Å²) >= 11 is 1.59. The molecule has 8 heteroatoms. The van der Waals surface area contributed by atoms with Gasteiger partial charge in [0.05, 0.1) is 18.2 Å². The molecular weight excluding hydrogens is 451 g/mol. The Morgan fingerprint density at radius 2 is 1.94 bits per heavy atom. The highest BCUT2D eigenvalue weighted by atomic mass is 32.1. The molecule has 0 bridgehead atoms. The van der Waals surface area contributed by atoms with Crippen LogP contribution in [0.2, 0.25) is 0 Å². The Morgan fingerprint density at radius 1 is 1.09 bits per heavy atom. The highest BCUT2D eigenvalue weighted by molar-refractivity contribution is 7.09. The molecule has 1 aliphatic rings. The molecule has 0 spiro atoms. The van der Waals surface area contributed by atoms with Crippen molar-refractivity contribution < 1.29 is 13.7 Å². The summed E-state index contributed by atoms with van der Waals surface area (Å²) in [6, 6.07) is 15.5. The molecule has 4 aromatic rings. The molecular formula is C26H23FN4O2S.